The zero-order valence-electron chi connectivity index (χ0n) is 10.2. The Bertz CT molecular complexity index is 659. The molecule has 0 aliphatic carbocycles. The predicted octanol–water partition coefficient (Wildman–Crippen LogP) is 3.30. The summed E-state index contributed by atoms with van der Waals surface area (Å²) in [7, 11) is -0.333. The molecule has 0 saturated heterocycles. The normalized spacial score (nSPS) is 12.5. The Morgan fingerprint density at radius 3 is 2.44 bits per heavy atom. The van der Waals surface area contributed by atoms with Crippen LogP contribution in [0.25, 0.3) is 10.9 Å². The molecule has 88 valence electrons. The first-order valence-corrected chi connectivity index (χ1v) is 7.78. The lowest BCUT2D eigenvalue weighted by Gasteiger charge is -2.14. The summed E-state index contributed by atoms with van der Waals surface area (Å²) < 4.78 is 0. The molecule has 0 unspecified atom stereocenters. The van der Waals surface area contributed by atoms with Crippen LogP contribution in [0.1, 0.15) is 0 Å². The standard InChI is InChI=1S/C16H14NP/c1-18(14-9-3-2-4-10-14)15-11-5-7-13-8-6-12-17-16(13)15/h2-12H,1H3/t18-/m1/s1. The molecule has 0 spiro atoms. The van der Waals surface area contributed by atoms with E-state index in [2.05, 4.69) is 66.2 Å². The van der Waals surface area contributed by atoms with Gasteiger partial charge in [-0.3, -0.25) is 4.98 Å². The Kier molecular flexibility index (Phi) is 3.08. The summed E-state index contributed by atoms with van der Waals surface area (Å²) in [5, 5.41) is 3.97. The van der Waals surface area contributed by atoms with Crippen molar-refractivity contribution in [3.63, 3.8) is 0 Å². The molecule has 3 aromatic rings. The lowest BCUT2D eigenvalue weighted by Crippen LogP contribution is -2.12. The number of hydrogen-bond acceptors (Lipinski definition) is 1. The minimum Gasteiger partial charge on any atom is -0.256 e. The van der Waals surface area contributed by atoms with Crippen LogP contribution in [0.5, 0.6) is 0 Å². The molecule has 2 heteroatoms. The van der Waals surface area contributed by atoms with Crippen molar-refractivity contribution in [2.45, 2.75) is 0 Å². The van der Waals surface area contributed by atoms with E-state index in [1.54, 1.807) is 0 Å². The number of para-hydroxylation sites is 1. The van der Waals surface area contributed by atoms with Crippen molar-refractivity contribution in [3.05, 3.63) is 66.9 Å². The average molecular weight is 251 g/mol. The quantitative estimate of drug-likeness (QED) is 0.637. The Labute approximate surface area is 108 Å². The first kappa shape index (κ1) is 11.4. The summed E-state index contributed by atoms with van der Waals surface area (Å²) in [6.45, 7) is 2.30. The summed E-state index contributed by atoms with van der Waals surface area (Å²) >= 11 is 0. The van der Waals surface area contributed by atoms with Crippen LogP contribution < -0.4 is 10.6 Å². The molecule has 2 aromatic carbocycles. The fraction of sp³-hybridized carbons (Fsp3) is 0.0625. The van der Waals surface area contributed by atoms with Crippen molar-refractivity contribution in [3.8, 4) is 0 Å². The number of aromatic nitrogens is 1. The third-order valence-electron chi connectivity index (χ3n) is 3.12. The first-order chi connectivity index (χ1) is 8.86. The largest absolute Gasteiger partial charge is 0.256 e. The van der Waals surface area contributed by atoms with Crippen LogP contribution in [0.15, 0.2) is 66.9 Å². The molecular formula is C16H14NP. The maximum atomic E-state index is 4.54. The Balaban J connectivity index is 2.15. The fourth-order valence-corrected chi connectivity index (χ4v) is 3.86. The van der Waals surface area contributed by atoms with Crippen molar-refractivity contribution in [2.24, 2.45) is 0 Å². The maximum absolute atomic E-state index is 4.54. The van der Waals surface area contributed by atoms with E-state index in [9.17, 15) is 0 Å². The molecule has 1 heterocycles. The van der Waals surface area contributed by atoms with Crippen LogP contribution in [0.2, 0.25) is 0 Å². The number of benzene rings is 2. The van der Waals surface area contributed by atoms with Gasteiger partial charge in [-0.1, -0.05) is 54.6 Å². The number of fused-ring (bicyclic) bond motifs is 1. The SMILES string of the molecule is C[P@](c1ccccc1)c1cccc2cccnc12. The Hall–Kier alpha value is -1.72. The molecule has 3 rings (SSSR count). The van der Waals surface area contributed by atoms with E-state index in [1.165, 1.54) is 16.0 Å². The van der Waals surface area contributed by atoms with E-state index in [-0.39, 0.29) is 7.92 Å². The van der Waals surface area contributed by atoms with Crippen molar-refractivity contribution in [1.29, 1.82) is 0 Å². The lowest BCUT2D eigenvalue weighted by molar-refractivity contribution is 1.42. The van der Waals surface area contributed by atoms with Gasteiger partial charge in [0.1, 0.15) is 0 Å². The lowest BCUT2D eigenvalue weighted by atomic mass is 10.2. The van der Waals surface area contributed by atoms with E-state index in [1.807, 2.05) is 12.3 Å². The van der Waals surface area contributed by atoms with Crippen LogP contribution in [-0.4, -0.2) is 11.6 Å². The Morgan fingerprint density at radius 2 is 1.61 bits per heavy atom. The van der Waals surface area contributed by atoms with E-state index in [4.69, 9.17) is 0 Å². The van der Waals surface area contributed by atoms with Crippen LogP contribution >= 0.6 is 7.92 Å². The summed E-state index contributed by atoms with van der Waals surface area (Å²) in [6, 6.07) is 21.2. The average Bonchev–Trinajstić information content (AvgIpc) is 2.47. The van der Waals surface area contributed by atoms with Crippen molar-refractivity contribution in [1.82, 2.24) is 4.98 Å². The molecule has 18 heavy (non-hydrogen) atoms. The zero-order valence-corrected chi connectivity index (χ0v) is 11.1. The molecule has 0 amide bonds. The van der Waals surface area contributed by atoms with E-state index in [0.717, 1.165) is 5.52 Å². The van der Waals surface area contributed by atoms with Crippen molar-refractivity contribution in [2.75, 3.05) is 6.66 Å². The van der Waals surface area contributed by atoms with Gasteiger partial charge in [0, 0.05) is 16.9 Å². The molecule has 1 atom stereocenters. The van der Waals surface area contributed by atoms with Crippen LogP contribution in [-0.2, 0) is 0 Å². The molecule has 0 saturated carbocycles. The number of hydrogen-bond donors (Lipinski definition) is 0. The summed E-state index contributed by atoms with van der Waals surface area (Å²) in [5.74, 6) is 0. The van der Waals surface area contributed by atoms with Gasteiger partial charge in [0.05, 0.1) is 5.52 Å². The van der Waals surface area contributed by atoms with E-state index in [0.29, 0.717) is 0 Å². The highest BCUT2D eigenvalue weighted by Crippen LogP contribution is 2.31. The van der Waals surface area contributed by atoms with Gasteiger partial charge in [-0.15, -0.1) is 0 Å². The van der Waals surface area contributed by atoms with Crippen molar-refractivity contribution < 1.29 is 0 Å². The topological polar surface area (TPSA) is 12.9 Å². The van der Waals surface area contributed by atoms with Crippen LogP contribution in [0.3, 0.4) is 0 Å². The van der Waals surface area contributed by atoms with Crippen molar-refractivity contribution >= 4 is 29.4 Å². The van der Waals surface area contributed by atoms with E-state index < -0.39 is 0 Å². The van der Waals surface area contributed by atoms with Gasteiger partial charge >= 0.3 is 0 Å². The molecule has 0 aliphatic heterocycles. The summed E-state index contributed by atoms with van der Waals surface area (Å²) in [5.41, 5.74) is 1.14. The molecule has 0 radical (unpaired) electrons. The second-order valence-corrected chi connectivity index (χ2v) is 6.36. The summed E-state index contributed by atoms with van der Waals surface area (Å²) in [6.07, 6.45) is 1.88. The zero-order chi connectivity index (χ0) is 12.4. The molecule has 0 N–H and O–H groups in total. The smallest absolute Gasteiger partial charge is 0.0781 e. The Morgan fingerprint density at radius 1 is 0.833 bits per heavy atom. The highest BCUT2D eigenvalue weighted by molar-refractivity contribution is 7.72. The van der Waals surface area contributed by atoms with Crippen LogP contribution in [0, 0.1) is 0 Å². The monoisotopic (exact) mass is 251 g/mol. The van der Waals surface area contributed by atoms with E-state index >= 15 is 0 Å². The summed E-state index contributed by atoms with van der Waals surface area (Å²) in [4.78, 5) is 4.54. The van der Waals surface area contributed by atoms with Gasteiger partial charge in [-0.05, 0) is 26.0 Å². The maximum Gasteiger partial charge on any atom is 0.0781 e. The minimum atomic E-state index is -0.333. The predicted molar refractivity (Wildman–Crippen MR) is 80.3 cm³/mol. The first-order valence-electron chi connectivity index (χ1n) is 5.99. The fourth-order valence-electron chi connectivity index (χ4n) is 2.15. The van der Waals surface area contributed by atoms with Gasteiger partial charge < -0.3 is 0 Å². The minimum absolute atomic E-state index is 0.333. The highest BCUT2D eigenvalue weighted by atomic mass is 31.1. The molecule has 0 bridgehead atoms. The molecule has 0 fully saturated rings. The third kappa shape index (κ3) is 2.02. The molecular weight excluding hydrogens is 237 g/mol. The van der Waals surface area contributed by atoms with Gasteiger partial charge in [0.25, 0.3) is 0 Å². The third-order valence-corrected chi connectivity index (χ3v) is 5.27. The molecule has 1 nitrogen and oxygen atoms in total. The highest BCUT2D eigenvalue weighted by Gasteiger charge is 2.11. The van der Waals surface area contributed by atoms with Gasteiger partial charge in [-0.25, -0.2) is 0 Å². The number of pyridine rings is 1. The second-order valence-electron chi connectivity index (χ2n) is 4.25. The molecule has 0 aliphatic rings. The van der Waals surface area contributed by atoms with Gasteiger partial charge in [0.15, 0.2) is 0 Å². The van der Waals surface area contributed by atoms with Crippen LogP contribution in [0.4, 0.5) is 0 Å². The second kappa shape index (κ2) is 4.88. The van der Waals surface area contributed by atoms with Gasteiger partial charge in [0.2, 0.25) is 0 Å². The number of nitrogens with zero attached hydrogens (tertiary/aromatic N) is 1. The number of rotatable bonds is 2. The van der Waals surface area contributed by atoms with Gasteiger partial charge in [-0.2, -0.15) is 0 Å². The molecule has 1 aromatic heterocycles.